The minimum atomic E-state index is -0.270. The molecule has 0 aliphatic carbocycles. The van der Waals surface area contributed by atoms with Crippen LogP contribution in [0.1, 0.15) is 4.88 Å². The molecule has 0 fully saturated rings. The third-order valence-electron chi connectivity index (χ3n) is 2.12. The maximum absolute atomic E-state index is 11.7. The van der Waals surface area contributed by atoms with E-state index >= 15 is 0 Å². The van der Waals surface area contributed by atoms with Gasteiger partial charge in [0.15, 0.2) is 11.7 Å². The van der Waals surface area contributed by atoms with Gasteiger partial charge >= 0.3 is 0 Å². The summed E-state index contributed by atoms with van der Waals surface area (Å²) in [4.78, 5) is 16.7. The van der Waals surface area contributed by atoms with Crippen LogP contribution in [-0.2, 0) is 4.79 Å². The van der Waals surface area contributed by atoms with Gasteiger partial charge in [0.05, 0.1) is 5.02 Å². The van der Waals surface area contributed by atoms with E-state index in [0.717, 1.165) is 9.35 Å². The highest BCUT2D eigenvalue weighted by Gasteiger charge is 2.08. The van der Waals surface area contributed by atoms with Crippen LogP contribution >= 0.6 is 38.9 Å². The summed E-state index contributed by atoms with van der Waals surface area (Å²) in [7, 11) is 0. The molecular weight excluding hydrogens is 352 g/mol. The summed E-state index contributed by atoms with van der Waals surface area (Å²) in [6, 6.07) is 5.20. The first-order chi connectivity index (χ1) is 9.04. The minimum absolute atomic E-state index is 0.111. The molecule has 0 radical (unpaired) electrons. The molecule has 0 atom stereocenters. The van der Waals surface area contributed by atoms with E-state index < -0.39 is 0 Å². The highest BCUT2D eigenvalue weighted by molar-refractivity contribution is 9.10. The van der Waals surface area contributed by atoms with Crippen molar-refractivity contribution in [1.82, 2.24) is 4.98 Å². The van der Waals surface area contributed by atoms with Crippen LogP contribution in [0.15, 0.2) is 28.9 Å². The molecule has 1 heterocycles. The number of carbonyl (C=O) groups excluding carboxylic acids is 1. The molecule has 1 aromatic heterocycles. The largest absolute Gasteiger partial charge is 0.482 e. The van der Waals surface area contributed by atoms with Gasteiger partial charge in [0.25, 0.3) is 5.91 Å². The smallest absolute Gasteiger partial charge is 0.264 e. The number of hydrogen-bond acceptors (Lipinski definition) is 4. The molecule has 2 aromatic rings. The lowest BCUT2D eigenvalue weighted by Gasteiger charge is -2.07. The van der Waals surface area contributed by atoms with Gasteiger partial charge in [-0.05, 0) is 25.1 Å². The number of nitrogens with zero attached hydrogens (tertiary/aromatic N) is 1. The Balaban J connectivity index is 1.89. The number of hydrogen-bond donors (Lipinski definition) is 1. The van der Waals surface area contributed by atoms with Gasteiger partial charge < -0.3 is 4.74 Å². The van der Waals surface area contributed by atoms with Gasteiger partial charge in [-0.2, -0.15) is 0 Å². The van der Waals surface area contributed by atoms with Crippen LogP contribution in [-0.4, -0.2) is 17.5 Å². The molecule has 0 spiro atoms. The van der Waals surface area contributed by atoms with Gasteiger partial charge in [0.1, 0.15) is 5.75 Å². The molecule has 7 heteroatoms. The number of aryl methyl sites for hydroxylation is 1. The maximum Gasteiger partial charge on any atom is 0.264 e. The molecule has 0 unspecified atom stereocenters. The van der Waals surface area contributed by atoms with Gasteiger partial charge in [-0.15, -0.1) is 11.3 Å². The predicted octanol–water partition coefficient (Wildman–Crippen LogP) is 3.88. The molecule has 0 aliphatic rings. The number of benzene rings is 1. The highest BCUT2D eigenvalue weighted by Crippen LogP contribution is 2.27. The van der Waals surface area contributed by atoms with Crippen molar-refractivity contribution in [3.8, 4) is 5.75 Å². The Morgan fingerprint density at radius 2 is 2.37 bits per heavy atom. The van der Waals surface area contributed by atoms with Crippen LogP contribution in [0.4, 0.5) is 5.13 Å². The summed E-state index contributed by atoms with van der Waals surface area (Å²) in [5.74, 6) is 0.198. The third-order valence-corrected chi connectivity index (χ3v) is 3.74. The number of amides is 1. The van der Waals surface area contributed by atoms with Gasteiger partial charge in [-0.25, -0.2) is 4.98 Å². The molecule has 4 nitrogen and oxygen atoms in total. The molecule has 2 rings (SSSR count). The monoisotopic (exact) mass is 360 g/mol. The van der Waals surface area contributed by atoms with Crippen LogP contribution in [0.2, 0.25) is 5.02 Å². The van der Waals surface area contributed by atoms with E-state index in [1.807, 2.05) is 6.92 Å². The van der Waals surface area contributed by atoms with Crippen molar-refractivity contribution in [2.75, 3.05) is 11.9 Å². The number of thiazole rings is 1. The van der Waals surface area contributed by atoms with Crippen LogP contribution in [0.3, 0.4) is 0 Å². The number of rotatable bonds is 4. The summed E-state index contributed by atoms with van der Waals surface area (Å²) >= 11 is 10.7. The van der Waals surface area contributed by atoms with Crippen molar-refractivity contribution in [3.05, 3.63) is 38.8 Å². The number of anilines is 1. The summed E-state index contributed by atoms with van der Waals surface area (Å²) in [5, 5.41) is 3.67. The van der Waals surface area contributed by atoms with Crippen LogP contribution in [0.25, 0.3) is 0 Å². The van der Waals surface area contributed by atoms with E-state index in [9.17, 15) is 4.79 Å². The normalized spacial score (nSPS) is 10.3. The third kappa shape index (κ3) is 4.19. The second-order valence-electron chi connectivity index (χ2n) is 3.69. The second kappa shape index (κ2) is 6.36. The van der Waals surface area contributed by atoms with E-state index in [-0.39, 0.29) is 12.5 Å². The molecule has 0 saturated heterocycles. The van der Waals surface area contributed by atoms with Crippen LogP contribution < -0.4 is 10.1 Å². The van der Waals surface area contributed by atoms with Crippen LogP contribution in [0.5, 0.6) is 5.75 Å². The first-order valence-electron chi connectivity index (χ1n) is 5.35. The summed E-state index contributed by atoms with van der Waals surface area (Å²) in [6.45, 7) is 1.81. The topological polar surface area (TPSA) is 51.2 Å². The average molecular weight is 362 g/mol. The lowest BCUT2D eigenvalue weighted by Crippen LogP contribution is -2.20. The van der Waals surface area contributed by atoms with Crippen molar-refractivity contribution in [3.63, 3.8) is 0 Å². The number of ether oxygens (including phenoxy) is 1. The maximum atomic E-state index is 11.7. The summed E-state index contributed by atoms with van der Waals surface area (Å²) in [6.07, 6.45) is 1.70. The average Bonchev–Trinajstić information content (AvgIpc) is 2.73. The Hall–Kier alpha value is -1.11. The van der Waals surface area contributed by atoms with Gasteiger partial charge in [-0.3, -0.25) is 10.1 Å². The van der Waals surface area contributed by atoms with Crippen LogP contribution in [0, 0.1) is 6.92 Å². The van der Waals surface area contributed by atoms with Crippen molar-refractivity contribution in [2.45, 2.75) is 6.92 Å². The Kier molecular flexibility index (Phi) is 4.79. The first kappa shape index (κ1) is 14.3. The first-order valence-corrected chi connectivity index (χ1v) is 7.33. The van der Waals surface area contributed by atoms with E-state index in [2.05, 4.69) is 26.2 Å². The Morgan fingerprint density at radius 1 is 1.58 bits per heavy atom. The standard InChI is InChI=1S/C12H10BrClN2O2S/c1-7-5-15-12(19-7)16-11(17)6-18-10-3-2-8(13)4-9(10)14/h2-5H,6H2,1H3,(H,15,16,17). The lowest BCUT2D eigenvalue weighted by molar-refractivity contribution is -0.118. The van der Waals surface area contributed by atoms with E-state index in [0.29, 0.717) is 15.9 Å². The zero-order chi connectivity index (χ0) is 13.8. The van der Waals surface area contributed by atoms with Gasteiger partial charge in [-0.1, -0.05) is 27.5 Å². The number of carbonyl (C=O) groups is 1. The molecule has 0 saturated carbocycles. The fourth-order valence-corrected chi connectivity index (χ4v) is 2.71. The second-order valence-corrected chi connectivity index (χ2v) is 6.25. The fourth-order valence-electron chi connectivity index (χ4n) is 1.30. The van der Waals surface area contributed by atoms with Crippen molar-refractivity contribution < 1.29 is 9.53 Å². The quantitative estimate of drug-likeness (QED) is 0.899. The molecule has 1 aromatic carbocycles. The summed E-state index contributed by atoms with van der Waals surface area (Å²) in [5.41, 5.74) is 0. The predicted molar refractivity (Wildman–Crippen MR) is 80.1 cm³/mol. The molecular formula is C12H10BrClN2O2S. The van der Waals surface area contributed by atoms with Gasteiger partial charge in [0.2, 0.25) is 0 Å². The summed E-state index contributed by atoms with van der Waals surface area (Å²) < 4.78 is 6.20. The number of aromatic nitrogens is 1. The van der Waals surface area contributed by atoms with E-state index in [4.69, 9.17) is 16.3 Å². The van der Waals surface area contributed by atoms with Crippen molar-refractivity contribution in [2.24, 2.45) is 0 Å². The zero-order valence-electron chi connectivity index (χ0n) is 9.94. The molecule has 0 aliphatic heterocycles. The van der Waals surface area contributed by atoms with Crippen molar-refractivity contribution >= 4 is 49.9 Å². The van der Waals surface area contributed by atoms with Gasteiger partial charge in [0, 0.05) is 15.5 Å². The highest BCUT2D eigenvalue weighted by atomic mass is 79.9. The van der Waals surface area contributed by atoms with E-state index in [1.54, 1.807) is 24.4 Å². The Bertz CT molecular complexity index is 603. The molecule has 1 amide bonds. The van der Waals surface area contributed by atoms with Crippen molar-refractivity contribution in [1.29, 1.82) is 0 Å². The van der Waals surface area contributed by atoms with E-state index in [1.165, 1.54) is 11.3 Å². The molecule has 19 heavy (non-hydrogen) atoms. The Morgan fingerprint density at radius 3 is 3.00 bits per heavy atom. The Labute approximate surface area is 127 Å². The molecule has 0 bridgehead atoms. The SMILES string of the molecule is Cc1cnc(NC(=O)COc2ccc(Br)cc2Cl)s1. The minimum Gasteiger partial charge on any atom is -0.482 e. The number of halogens is 2. The lowest BCUT2D eigenvalue weighted by atomic mass is 10.3. The molecule has 1 N–H and O–H groups in total. The fraction of sp³-hybridized carbons (Fsp3) is 0.167. The number of nitrogens with one attached hydrogen (secondary N) is 1. The zero-order valence-corrected chi connectivity index (χ0v) is 13.1. The molecule has 100 valence electrons.